The van der Waals surface area contributed by atoms with Crippen molar-refractivity contribution >= 4 is 0 Å². The van der Waals surface area contributed by atoms with E-state index in [1.54, 1.807) is 18.2 Å². The first-order valence-corrected chi connectivity index (χ1v) is 6.07. The second kappa shape index (κ2) is 4.26. The van der Waals surface area contributed by atoms with Gasteiger partial charge in [0, 0.05) is 0 Å². The van der Waals surface area contributed by atoms with Crippen LogP contribution in [0, 0.1) is 0 Å². The van der Waals surface area contributed by atoms with Crippen LogP contribution >= 0.6 is 0 Å². The Morgan fingerprint density at radius 3 is 2.05 bits per heavy atom. The van der Waals surface area contributed by atoms with Crippen molar-refractivity contribution in [3.8, 4) is 11.1 Å². The largest absolute Gasteiger partial charge is 0.417 e. The predicted molar refractivity (Wildman–Crippen MR) is 64.7 cm³/mol. The van der Waals surface area contributed by atoms with Gasteiger partial charge in [-0.3, -0.25) is 0 Å². The van der Waals surface area contributed by atoms with Gasteiger partial charge in [0.2, 0.25) is 0 Å². The Bertz CT molecular complexity index is 709. The quantitative estimate of drug-likeness (QED) is 0.495. The molecule has 3 rings (SSSR count). The van der Waals surface area contributed by atoms with Crippen molar-refractivity contribution in [1.82, 2.24) is 0 Å². The topological polar surface area (TPSA) is 0 Å². The van der Waals surface area contributed by atoms with Crippen LogP contribution in [0.4, 0.5) is 26.3 Å². The summed E-state index contributed by atoms with van der Waals surface area (Å²) in [5.41, 5.74) is -1.59. The lowest BCUT2D eigenvalue weighted by atomic mass is 9.96. The van der Waals surface area contributed by atoms with E-state index in [9.17, 15) is 26.3 Å². The molecule has 1 aliphatic carbocycles. The maximum atomic E-state index is 13.1. The molecule has 0 aromatic heterocycles. The second-order valence-electron chi connectivity index (χ2n) is 4.89. The molecule has 0 heterocycles. The highest BCUT2D eigenvalue weighted by Gasteiger charge is 2.41. The second-order valence-corrected chi connectivity index (χ2v) is 4.89. The Labute approximate surface area is 116 Å². The fourth-order valence-electron chi connectivity index (χ4n) is 2.67. The van der Waals surface area contributed by atoms with Crippen LogP contribution in [0.3, 0.4) is 0 Å². The molecular formula is C15H8F6. The van der Waals surface area contributed by atoms with Gasteiger partial charge in [-0.05, 0) is 40.8 Å². The molecule has 110 valence electrons. The normalized spacial score (nSPS) is 14.0. The molecule has 1 aliphatic rings. The summed E-state index contributed by atoms with van der Waals surface area (Å²) in [4.78, 5) is 0. The zero-order chi connectivity index (χ0) is 15.4. The van der Waals surface area contributed by atoms with Crippen LogP contribution in [-0.4, -0.2) is 0 Å². The molecular weight excluding hydrogens is 294 g/mol. The predicted octanol–water partition coefficient (Wildman–Crippen LogP) is 5.30. The summed E-state index contributed by atoms with van der Waals surface area (Å²) in [6, 6.07) is 7.37. The van der Waals surface area contributed by atoms with Gasteiger partial charge in [-0.2, -0.15) is 26.3 Å². The Balaban J connectivity index is 2.31. The number of fused-ring (bicyclic) bond motifs is 3. The maximum absolute atomic E-state index is 13.1. The first kappa shape index (κ1) is 14.0. The summed E-state index contributed by atoms with van der Waals surface area (Å²) in [6.45, 7) is 0. The van der Waals surface area contributed by atoms with E-state index < -0.39 is 23.5 Å². The smallest absolute Gasteiger partial charge is 0.166 e. The molecule has 6 heteroatoms. The van der Waals surface area contributed by atoms with Gasteiger partial charge in [0.15, 0.2) is 0 Å². The minimum Gasteiger partial charge on any atom is -0.166 e. The molecule has 0 atom stereocenters. The van der Waals surface area contributed by atoms with Gasteiger partial charge in [-0.15, -0.1) is 0 Å². The maximum Gasteiger partial charge on any atom is 0.417 e. The van der Waals surface area contributed by atoms with Crippen molar-refractivity contribution in [2.75, 3.05) is 0 Å². The van der Waals surface area contributed by atoms with E-state index in [4.69, 9.17) is 0 Å². The van der Waals surface area contributed by atoms with Crippen LogP contribution in [0.5, 0.6) is 0 Å². The number of alkyl halides is 6. The van der Waals surface area contributed by atoms with Gasteiger partial charge in [0.25, 0.3) is 0 Å². The van der Waals surface area contributed by atoms with Gasteiger partial charge >= 0.3 is 12.4 Å². The molecule has 2 aromatic carbocycles. The van der Waals surface area contributed by atoms with E-state index in [1.807, 2.05) is 0 Å². The Kier molecular flexibility index (Phi) is 2.83. The minimum absolute atomic E-state index is 0.0679. The number of rotatable bonds is 0. The van der Waals surface area contributed by atoms with E-state index in [1.165, 1.54) is 6.07 Å². The number of hydrogen-bond acceptors (Lipinski definition) is 0. The number of hydrogen-bond donors (Lipinski definition) is 0. The lowest BCUT2D eigenvalue weighted by Gasteiger charge is -2.16. The zero-order valence-corrected chi connectivity index (χ0v) is 10.4. The first-order valence-electron chi connectivity index (χ1n) is 6.07. The number of benzene rings is 2. The third-order valence-corrected chi connectivity index (χ3v) is 3.52. The Morgan fingerprint density at radius 1 is 0.762 bits per heavy atom. The van der Waals surface area contributed by atoms with Crippen LogP contribution < -0.4 is 0 Å². The van der Waals surface area contributed by atoms with E-state index >= 15 is 0 Å². The molecule has 0 amide bonds. The molecule has 0 spiro atoms. The Morgan fingerprint density at radius 2 is 1.43 bits per heavy atom. The highest BCUT2D eigenvalue weighted by molar-refractivity contribution is 5.80. The average Bonchev–Trinajstić information content (AvgIpc) is 2.73. The third kappa shape index (κ3) is 2.28. The summed E-state index contributed by atoms with van der Waals surface area (Å²) < 4.78 is 77.8. The van der Waals surface area contributed by atoms with E-state index in [-0.39, 0.29) is 23.6 Å². The van der Waals surface area contributed by atoms with Gasteiger partial charge in [0.1, 0.15) is 0 Å². The molecule has 0 N–H and O–H groups in total. The van der Waals surface area contributed by atoms with Crippen molar-refractivity contribution < 1.29 is 26.3 Å². The summed E-state index contributed by atoms with van der Waals surface area (Å²) in [5, 5.41) is 0. The highest BCUT2D eigenvalue weighted by Crippen LogP contribution is 2.47. The van der Waals surface area contributed by atoms with Crippen LogP contribution in [-0.2, 0) is 18.8 Å². The van der Waals surface area contributed by atoms with Crippen molar-refractivity contribution in [2.45, 2.75) is 18.8 Å². The molecule has 0 aliphatic heterocycles. The molecule has 0 radical (unpaired) electrons. The van der Waals surface area contributed by atoms with Gasteiger partial charge in [-0.25, -0.2) is 0 Å². The third-order valence-electron chi connectivity index (χ3n) is 3.52. The summed E-state index contributed by atoms with van der Waals surface area (Å²) in [5.74, 6) is 0. The van der Waals surface area contributed by atoms with E-state index in [0.29, 0.717) is 11.1 Å². The summed E-state index contributed by atoms with van der Waals surface area (Å²) in [7, 11) is 0. The molecule has 2 aromatic rings. The van der Waals surface area contributed by atoms with Crippen molar-refractivity contribution in [3.05, 3.63) is 58.7 Å². The molecule has 0 nitrogen and oxygen atoms in total. The monoisotopic (exact) mass is 302 g/mol. The van der Waals surface area contributed by atoms with Crippen molar-refractivity contribution in [3.63, 3.8) is 0 Å². The average molecular weight is 302 g/mol. The molecule has 0 bridgehead atoms. The SMILES string of the molecule is FC(F)(F)c1cc2c(c(C(F)(F)F)c1)-c1ccccc1C2. The first-order chi connectivity index (χ1) is 9.68. The summed E-state index contributed by atoms with van der Waals surface area (Å²) >= 11 is 0. The summed E-state index contributed by atoms with van der Waals surface area (Å²) in [6.07, 6.45) is -9.55. The van der Waals surface area contributed by atoms with Crippen molar-refractivity contribution in [2.24, 2.45) is 0 Å². The van der Waals surface area contributed by atoms with Crippen LogP contribution in [0.1, 0.15) is 22.3 Å². The molecule has 0 unspecified atom stereocenters. The lowest BCUT2D eigenvalue weighted by molar-refractivity contribution is -0.142. The van der Waals surface area contributed by atoms with Gasteiger partial charge < -0.3 is 0 Å². The van der Waals surface area contributed by atoms with E-state index in [0.717, 1.165) is 6.07 Å². The van der Waals surface area contributed by atoms with Gasteiger partial charge in [0.05, 0.1) is 11.1 Å². The number of halogens is 6. The fourth-order valence-corrected chi connectivity index (χ4v) is 2.67. The molecule has 21 heavy (non-hydrogen) atoms. The molecule has 0 saturated heterocycles. The van der Waals surface area contributed by atoms with Crippen LogP contribution in [0.25, 0.3) is 11.1 Å². The van der Waals surface area contributed by atoms with Crippen LogP contribution in [0.2, 0.25) is 0 Å². The van der Waals surface area contributed by atoms with Gasteiger partial charge in [-0.1, -0.05) is 24.3 Å². The fraction of sp³-hybridized carbons (Fsp3) is 0.200. The molecule has 0 fully saturated rings. The van der Waals surface area contributed by atoms with Crippen molar-refractivity contribution in [1.29, 1.82) is 0 Å². The highest BCUT2D eigenvalue weighted by atomic mass is 19.4. The van der Waals surface area contributed by atoms with Crippen LogP contribution in [0.15, 0.2) is 36.4 Å². The minimum atomic E-state index is -4.83. The Hall–Kier alpha value is -1.98. The zero-order valence-electron chi connectivity index (χ0n) is 10.4. The van der Waals surface area contributed by atoms with E-state index in [2.05, 4.69) is 0 Å². The lowest BCUT2D eigenvalue weighted by Crippen LogP contribution is -2.12. The molecule has 0 saturated carbocycles. The standard InChI is InChI=1S/C15H8F6/c16-14(17,18)10-6-9-5-8-3-1-2-4-11(8)13(9)12(7-10)15(19,20)21/h1-4,6-7H,5H2.